The summed E-state index contributed by atoms with van der Waals surface area (Å²) in [4.78, 5) is 19.7. The van der Waals surface area contributed by atoms with Gasteiger partial charge in [-0.15, -0.1) is 0 Å². The first-order valence-corrected chi connectivity index (χ1v) is 13.5. The quantitative estimate of drug-likeness (QED) is 0.255. The summed E-state index contributed by atoms with van der Waals surface area (Å²) in [5, 5.41) is 41.5. The molecule has 12 heteroatoms. The monoisotopic (exact) mass is 539 g/mol. The Hall–Kier alpha value is -2.93. The van der Waals surface area contributed by atoms with E-state index in [1.54, 1.807) is 6.08 Å². The van der Waals surface area contributed by atoms with Gasteiger partial charge in [-0.1, -0.05) is 26.0 Å². The second-order valence-corrected chi connectivity index (χ2v) is 11.9. The number of carboxylic acids is 1. The Bertz CT molecular complexity index is 1210. The lowest BCUT2D eigenvalue weighted by molar-refractivity contribution is -0.139. The van der Waals surface area contributed by atoms with E-state index >= 15 is 0 Å². The maximum atomic E-state index is 13.6. The topological polar surface area (TPSA) is 170 Å². The zero-order valence-corrected chi connectivity index (χ0v) is 22.0. The predicted molar refractivity (Wildman–Crippen MR) is 138 cm³/mol. The summed E-state index contributed by atoms with van der Waals surface area (Å²) in [6, 6.07) is 5.50. The fourth-order valence-corrected chi connectivity index (χ4v) is 5.14. The van der Waals surface area contributed by atoms with Crippen molar-refractivity contribution in [2.45, 2.75) is 64.3 Å². The highest BCUT2D eigenvalue weighted by atomic mass is 32.2. The van der Waals surface area contributed by atoms with Crippen LogP contribution in [0.1, 0.15) is 57.7 Å². The molecule has 0 spiro atoms. The molecule has 1 aromatic carbocycles. The molecule has 0 aliphatic carbocycles. The van der Waals surface area contributed by atoms with Crippen LogP contribution >= 0.6 is 0 Å². The van der Waals surface area contributed by atoms with E-state index in [2.05, 4.69) is 15.3 Å². The van der Waals surface area contributed by atoms with Crippen LogP contribution in [-0.4, -0.2) is 74.2 Å². The van der Waals surface area contributed by atoms with Crippen molar-refractivity contribution in [2.24, 2.45) is 0 Å². The summed E-state index contributed by atoms with van der Waals surface area (Å²) in [5.74, 6) is -2.81. The number of aliphatic hydroxyl groups is 3. The molecule has 0 aliphatic heterocycles. The van der Waals surface area contributed by atoms with Crippen molar-refractivity contribution in [2.75, 3.05) is 16.9 Å². The minimum atomic E-state index is -3.71. The number of sulfone groups is 1. The first-order valence-electron chi connectivity index (χ1n) is 11.7. The van der Waals surface area contributed by atoms with Crippen LogP contribution in [0, 0.1) is 5.82 Å². The van der Waals surface area contributed by atoms with E-state index in [4.69, 9.17) is 5.11 Å². The maximum absolute atomic E-state index is 13.6. The van der Waals surface area contributed by atoms with Gasteiger partial charge in [0.05, 0.1) is 41.4 Å². The summed E-state index contributed by atoms with van der Waals surface area (Å²) in [7, 11) is -3.71. The number of hydrogen-bond donors (Lipinski definition) is 5. The van der Waals surface area contributed by atoms with E-state index in [0.29, 0.717) is 22.5 Å². The van der Waals surface area contributed by atoms with Gasteiger partial charge in [0.25, 0.3) is 0 Å². The van der Waals surface area contributed by atoms with Gasteiger partial charge in [0.2, 0.25) is 5.95 Å². The predicted octanol–water partition coefficient (Wildman–Crippen LogP) is 2.56. The summed E-state index contributed by atoms with van der Waals surface area (Å²) < 4.78 is 38.4. The van der Waals surface area contributed by atoms with Crippen LogP contribution in [0.4, 0.5) is 10.3 Å². The number of nitrogens with zero attached hydrogens (tertiary/aromatic N) is 2. The Morgan fingerprint density at radius 2 is 1.78 bits per heavy atom. The van der Waals surface area contributed by atoms with Crippen LogP contribution in [0.2, 0.25) is 0 Å². The number of halogens is 1. The lowest BCUT2D eigenvalue weighted by Crippen LogP contribution is -2.33. The lowest BCUT2D eigenvalue weighted by atomic mass is 9.97. The number of aliphatic hydroxyl groups excluding tert-OH is 2. The van der Waals surface area contributed by atoms with Crippen LogP contribution in [0.15, 0.2) is 30.3 Å². The Morgan fingerprint density at radius 3 is 2.32 bits per heavy atom. The van der Waals surface area contributed by atoms with Crippen LogP contribution in [0.5, 0.6) is 0 Å². The number of aliphatic carboxylic acids is 1. The standard InChI is InChI=1S/C25H34FN3O7S/c1-15(2)22-20(10-9-18(30)11-19(31)12-21(32)33)23(16-5-7-17(26)8-6-16)29-24(28-22)27-14-37(35,36)13-25(3,4)34/h5-10,15,18-19,30-31,34H,11-14H2,1-4H3,(H,32,33)(H,27,28,29)/b10-9+/t18-,19-/m1/s1. The Balaban J connectivity index is 2.49. The summed E-state index contributed by atoms with van der Waals surface area (Å²) >= 11 is 0. The molecule has 5 N–H and O–H groups in total. The molecule has 204 valence electrons. The van der Waals surface area contributed by atoms with E-state index in [1.807, 2.05) is 13.8 Å². The summed E-state index contributed by atoms with van der Waals surface area (Å²) in [6.45, 7) is 6.49. The van der Waals surface area contributed by atoms with E-state index in [1.165, 1.54) is 44.2 Å². The Kier molecular flexibility index (Phi) is 10.3. The molecular weight excluding hydrogens is 505 g/mol. The van der Waals surface area contributed by atoms with Crippen molar-refractivity contribution < 1.29 is 38.0 Å². The van der Waals surface area contributed by atoms with E-state index in [-0.39, 0.29) is 18.3 Å². The van der Waals surface area contributed by atoms with Crippen molar-refractivity contribution in [3.8, 4) is 11.3 Å². The van der Waals surface area contributed by atoms with Gasteiger partial charge in [-0.25, -0.2) is 22.8 Å². The van der Waals surface area contributed by atoms with Crippen LogP contribution < -0.4 is 5.32 Å². The Morgan fingerprint density at radius 1 is 1.16 bits per heavy atom. The molecule has 2 aromatic rings. The first kappa shape index (κ1) is 30.3. The average Bonchev–Trinajstić information content (AvgIpc) is 2.74. The molecular formula is C25H34FN3O7S. The van der Waals surface area contributed by atoms with Crippen molar-refractivity contribution in [1.82, 2.24) is 9.97 Å². The van der Waals surface area contributed by atoms with Crippen LogP contribution in [0.3, 0.4) is 0 Å². The molecule has 37 heavy (non-hydrogen) atoms. The highest BCUT2D eigenvalue weighted by Crippen LogP contribution is 2.31. The molecule has 0 saturated carbocycles. The van der Waals surface area contributed by atoms with Gasteiger partial charge in [-0.2, -0.15) is 0 Å². The van der Waals surface area contributed by atoms with Crippen LogP contribution in [0.25, 0.3) is 17.3 Å². The normalized spacial score (nSPS) is 14.2. The highest BCUT2D eigenvalue weighted by molar-refractivity contribution is 7.91. The number of carboxylic acid groups (broad SMARTS) is 1. The average molecular weight is 540 g/mol. The maximum Gasteiger partial charge on any atom is 0.305 e. The molecule has 0 aliphatic rings. The van der Waals surface area contributed by atoms with Gasteiger partial charge in [0.15, 0.2) is 9.84 Å². The highest BCUT2D eigenvalue weighted by Gasteiger charge is 2.24. The SMILES string of the molecule is CC(C)c1nc(NCS(=O)(=O)CC(C)(C)O)nc(-c2ccc(F)cc2)c1/C=C/[C@@H](O)C[C@@H](O)CC(=O)O. The second kappa shape index (κ2) is 12.5. The van der Waals surface area contributed by atoms with Crippen molar-refractivity contribution in [3.05, 3.63) is 47.4 Å². The van der Waals surface area contributed by atoms with Gasteiger partial charge in [0.1, 0.15) is 11.7 Å². The first-order chi connectivity index (χ1) is 17.1. The minimum absolute atomic E-state index is 0.0110. The largest absolute Gasteiger partial charge is 0.481 e. The summed E-state index contributed by atoms with van der Waals surface area (Å²) in [6.07, 6.45) is -0.203. The van der Waals surface area contributed by atoms with Gasteiger partial charge < -0.3 is 25.7 Å². The number of hydrogen-bond acceptors (Lipinski definition) is 9. The third-order valence-electron chi connectivity index (χ3n) is 5.07. The third-order valence-corrected chi connectivity index (χ3v) is 6.80. The molecule has 0 bridgehead atoms. The lowest BCUT2D eigenvalue weighted by Gasteiger charge is -2.19. The van der Waals surface area contributed by atoms with Crippen molar-refractivity contribution >= 4 is 27.8 Å². The molecule has 0 unspecified atom stereocenters. The minimum Gasteiger partial charge on any atom is -0.481 e. The summed E-state index contributed by atoms with van der Waals surface area (Å²) in [5.41, 5.74) is 0.422. The number of nitrogens with one attached hydrogen (secondary N) is 1. The second-order valence-electron chi connectivity index (χ2n) is 9.79. The number of anilines is 1. The van der Waals surface area contributed by atoms with Gasteiger partial charge in [-0.3, -0.25) is 4.79 Å². The number of rotatable bonds is 13. The molecule has 2 rings (SSSR count). The number of benzene rings is 1. The zero-order valence-electron chi connectivity index (χ0n) is 21.2. The molecule has 0 radical (unpaired) electrons. The van der Waals surface area contributed by atoms with Gasteiger partial charge >= 0.3 is 5.97 Å². The number of carbonyl (C=O) groups is 1. The smallest absolute Gasteiger partial charge is 0.305 e. The van der Waals surface area contributed by atoms with E-state index < -0.39 is 57.5 Å². The molecule has 1 heterocycles. The van der Waals surface area contributed by atoms with E-state index in [9.17, 15) is 32.9 Å². The van der Waals surface area contributed by atoms with Crippen molar-refractivity contribution in [3.63, 3.8) is 0 Å². The van der Waals surface area contributed by atoms with E-state index in [0.717, 1.165) is 0 Å². The third kappa shape index (κ3) is 10.2. The van der Waals surface area contributed by atoms with Crippen LogP contribution in [-0.2, 0) is 14.6 Å². The fourth-order valence-electron chi connectivity index (χ4n) is 3.61. The molecule has 0 amide bonds. The van der Waals surface area contributed by atoms with Gasteiger partial charge in [0, 0.05) is 17.5 Å². The Labute approximate surface area is 215 Å². The molecule has 2 atom stereocenters. The van der Waals surface area contributed by atoms with Gasteiger partial charge in [-0.05, 0) is 44.0 Å². The molecule has 0 fully saturated rings. The van der Waals surface area contributed by atoms with Crippen molar-refractivity contribution in [1.29, 1.82) is 0 Å². The fraction of sp³-hybridized carbons (Fsp3) is 0.480. The zero-order chi connectivity index (χ0) is 28.0. The number of aromatic nitrogens is 2. The molecule has 0 saturated heterocycles. The molecule has 1 aromatic heterocycles. The molecule has 10 nitrogen and oxygen atoms in total.